The summed E-state index contributed by atoms with van der Waals surface area (Å²) in [6.07, 6.45) is 0.788. The molecule has 64 valence electrons. The number of hydrogen-bond donors (Lipinski definition) is 1. The molecular weight excluding hydrogens is 162 g/mol. The molecule has 0 saturated carbocycles. The highest BCUT2D eigenvalue weighted by Gasteiger charge is 2.04. The first-order valence-corrected chi connectivity index (χ1v) is 3.41. The summed E-state index contributed by atoms with van der Waals surface area (Å²) in [7, 11) is 0. The Bertz CT molecular complexity index is 318. The molecule has 0 amide bonds. The molecule has 3 heteroatoms. The van der Waals surface area contributed by atoms with Crippen molar-refractivity contribution in [1.29, 1.82) is 0 Å². The van der Waals surface area contributed by atoms with Crippen molar-refractivity contribution in [1.82, 2.24) is 0 Å². The van der Waals surface area contributed by atoms with E-state index >= 15 is 0 Å². The fraction of sp³-hybridized carbons (Fsp3) is 0.111. The lowest BCUT2D eigenvalue weighted by Gasteiger charge is -2.00. The predicted octanol–water partition coefficient (Wildman–Crippen LogP) is 2.88. The molecule has 0 fully saturated rings. The SMILES string of the molecule is CC(=CO)c1ccc(F)cc1F. The van der Waals surface area contributed by atoms with Crippen molar-refractivity contribution < 1.29 is 13.9 Å². The van der Waals surface area contributed by atoms with Gasteiger partial charge >= 0.3 is 0 Å². The number of rotatable bonds is 1. The van der Waals surface area contributed by atoms with Gasteiger partial charge in [0.2, 0.25) is 0 Å². The lowest BCUT2D eigenvalue weighted by Crippen LogP contribution is -1.88. The van der Waals surface area contributed by atoms with E-state index < -0.39 is 11.6 Å². The quantitative estimate of drug-likeness (QED) is 0.642. The highest BCUT2D eigenvalue weighted by Crippen LogP contribution is 2.17. The summed E-state index contributed by atoms with van der Waals surface area (Å²) < 4.78 is 25.3. The topological polar surface area (TPSA) is 20.2 Å². The standard InChI is InChI=1S/C9H8F2O/c1-6(5-12)8-3-2-7(10)4-9(8)11/h2-5,12H,1H3. The Morgan fingerprint density at radius 2 is 2.08 bits per heavy atom. The van der Waals surface area contributed by atoms with Gasteiger partial charge in [-0.3, -0.25) is 0 Å². The maximum absolute atomic E-state index is 12.9. The molecule has 0 aliphatic rings. The van der Waals surface area contributed by atoms with E-state index in [1.165, 1.54) is 13.0 Å². The summed E-state index contributed by atoms with van der Waals surface area (Å²) in [5, 5.41) is 8.56. The Morgan fingerprint density at radius 3 is 2.58 bits per heavy atom. The van der Waals surface area contributed by atoms with Crippen LogP contribution in [0.1, 0.15) is 12.5 Å². The van der Waals surface area contributed by atoms with E-state index in [1.54, 1.807) is 0 Å². The molecule has 12 heavy (non-hydrogen) atoms. The zero-order valence-electron chi connectivity index (χ0n) is 6.51. The van der Waals surface area contributed by atoms with Crippen LogP contribution in [-0.2, 0) is 0 Å². The number of benzene rings is 1. The van der Waals surface area contributed by atoms with Crippen LogP contribution in [0.4, 0.5) is 8.78 Å². The number of aliphatic hydroxyl groups is 1. The molecule has 0 atom stereocenters. The smallest absolute Gasteiger partial charge is 0.133 e. The number of hydrogen-bond acceptors (Lipinski definition) is 1. The monoisotopic (exact) mass is 170 g/mol. The van der Waals surface area contributed by atoms with Crippen LogP contribution in [-0.4, -0.2) is 5.11 Å². The lowest BCUT2D eigenvalue weighted by molar-refractivity contribution is 0.474. The number of aliphatic hydroxyl groups excluding tert-OH is 1. The fourth-order valence-electron chi connectivity index (χ4n) is 0.879. The van der Waals surface area contributed by atoms with Crippen LogP contribution in [0.5, 0.6) is 0 Å². The van der Waals surface area contributed by atoms with Gasteiger partial charge in [0, 0.05) is 11.6 Å². The third kappa shape index (κ3) is 1.61. The second-order valence-corrected chi connectivity index (χ2v) is 2.44. The third-order valence-corrected chi connectivity index (χ3v) is 1.55. The molecule has 0 spiro atoms. The van der Waals surface area contributed by atoms with Crippen molar-refractivity contribution in [2.45, 2.75) is 6.92 Å². The summed E-state index contributed by atoms with van der Waals surface area (Å²) in [4.78, 5) is 0. The zero-order valence-corrected chi connectivity index (χ0v) is 6.51. The molecular formula is C9H8F2O. The first-order chi connectivity index (χ1) is 5.65. The van der Waals surface area contributed by atoms with E-state index in [0.29, 0.717) is 5.57 Å². The molecule has 0 bridgehead atoms. The van der Waals surface area contributed by atoms with Gasteiger partial charge in [-0.15, -0.1) is 0 Å². The van der Waals surface area contributed by atoms with Crippen LogP contribution in [0, 0.1) is 11.6 Å². The van der Waals surface area contributed by atoms with Gasteiger partial charge in [-0.25, -0.2) is 8.78 Å². The summed E-state index contributed by atoms with van der Waals surface area (Å²) in [6.45, 7) is 1.54. The molecule has 0 unspecified atom stereocenters. The lowest BCUT2D eigenvalue weighted by atomic mass is 10.1. The van der Waals surface area contributed by atoms with Gasteiger partial charge in [-0.05, 0) is 24.6 Å². The Labute approximate surface area is 69.0 Å². The van der Waals surface area contributed by atoms with Crippen molar-refractivity contribution >= 4 is 5.57 Å². The predicted molar refractivity (Wildman–Crippen MR) is 42.6 cm³/mol. The molecule has 1 aromatic rings. The summed E-state index contributed by atoms with van der Waals surface area (Å²) in [5.74, 6) is -1.29. The third-order valence-electron chi connectivity index (χ3n) is 1.55. The Balaban J connectivity index is 3.18. The molecule has 1 nitrogen and oxygen atoms in total. The first-order valence-electron chi connectivity index (χ1n) is 3.41. The summed E-state index contributed by atoms with van der Waals surface area (Å²) in [6, 6.07) is 3.21. The van der Waals surface area contributed by atoms with Crippen molar-refractivity contribution in [2.75, 3.05) is 0 Å². The summed E-state index contributed by atoms with van der Waals surface area (Å²) >= 11 is 0. The van der Waals surface area contributed by atoms with Gasteiger partial charge in [0.1, 0.15) is 11.6 Å². The summed E-state index contributed by atoms with van der Waals surface area (Å²) in [5.41, 5.74) is 0.575. The first kappa shape index (κ1) is 8.71. The highest BCUT2D eigenvalue weighted by molar-refractivity contribution is 5.62. The van der Waals surface area contributed by atoms with E-state index in [2.05, 4.69) is 0 Å². The molecule has 1 N–H and O–H groups in total. The largest absolute Gasteiger partial charge is 0.515 e. The molecule has 0 aliphatic heterocycles. The molecule has 0 saturated heterocycles. The van der Waals surface area contributed by atoms with E-state index in [1.807, 2.05) is 0 Å². The average molecular weight is 170 g/mol. The van der Waals surface area contributed by atoms with Crippen molar-refractivity contribution in [3.63, 3.8) is 0 Å². The van der Waals surface area contributed by atoms with E-state index in [0.717, 1.165) is 18.4 Å². The van der Waals surface area contributed by atoms with E-state index in [9.17, 15) is 8.78 Å². The van der Waals surface area contributed by atoms with Crippen LogP contribution < -0.4 is 0 Å². The molecule has 0 heterocycles. The normalized spacial score (nSPS) is 11.8. The minimum Gasteiger partial charge on any atom is -0.515 e. The molecule has 0 aliphatic carbocycles. The molecule has 1 rings (SSSR count). The van der Waals surface area contributed by atoms with E-state index in [-0.39, 0.29) is 5.56 Å². The van der Waals surface area contributed by atoms with E-state index in [4.69, 9.17) is 5.11 Å². The zero-order chi connectivity index (χ0) is 9.14. The van der Waals surface area contributed by atoms with Crippen molar-refractivity contribution in [2.24, 2.45) is 0 Å². The van der Waals surface area contributed by atoms with Gasteiger partial charge in [-0.1, -0.05) is 0 Å². The second-order valence-electron chi connectivity index (χ2n) is 2.44. The Morgan fingerprint density at radius 1 is 1.42 bits per heavy atom. The molecule has 0 aromatic heterocycles. The Hall–Kier alpha value is -1.38. The minimum absolute atomic E-state index is 0.207. The number of allylic oxidation sites excluding steroid dienone is 1. The minimum atomic E-state index is -0.669. The van der Waals surface area contributed by atoms with Crippen LogP contribution in [0.15, 0.2) is 24.5 Å². The maximum Gasteiger partial charge on any atom is 0.133 e. The van der Waals surface area contributed by atoms with Gasteiger partial charge in [-0.2, -0.15) is 0 Å². The van der Waals surface area contributed by atoms with Gasteiger partial charge < -0.3 is 5.11 Å². The van der Waals surface area contributed by atoms with Crippen molar-refractivity contribution in [3.8, 4) is 0 Å². The van der Waals surface area contributed by atoms with Gasteiger partial charge in [0.15, 0.2) is 0 Å². The second kappa shape index (κ2) is 3.34. The highest BCUT2D eigenvalue weighted by atomic mass is 19.1. The van der Waals surface area contributed by atoms with Crippen LogP contribution in [0.25, 0.3) is 5.57 Å². The van der Waals surface area contributed by atoms with Crippen molar-refractivity contribution in [3.05, 3.63) is 41.7 Å². The molecule has 0 radical (unpaired) electrons. The van der Waals surface area contributed by atoms with Crippen LogP contribution in [0.3, 0.4) is 0 Å². The average Bonchev–Trinajstić information content (AvgIpc) is 2.03. The van der Waals surface area contributed by atoms with Gasteiger partial charge in [0.05, 0.1) is 6.26 Å². The molecule has 1 aromatic carbocycles. The Kier molecular flexibility index (Phi) is 2.43. The maximum atomic E-state index is 12.9. The fourth-order valence-corrected chi connectivity index (χ4v) is 0.879. The van der Waals surface area contributed by atoms with Crippen LogP contribution >= 0.6 is 0 Å². The van der Waals surface area contributed by atoms with Crippen LogP contribution in [0.2, 0.25) is 0 Å². The number of halogens is 2. The van der Waals surface area contributed by atoms with Gasteiger partial charge in [0.25, 0.3) is 0 Å².